The summed E-state index contributed by atoms with van der Waals surface area (Å²) in [5.74, 6) is 0.731. The Morgan fingerprint density at radius 2 is 1.56 bits per heavy atom. The zero-order chi connectivity index (χ0) is 22.5. The van der Waals surface area contributed by atoms with Gasteiger partial charge in [0.05, 0.1) is 19.3 Å². The number of hydrogen-bond acceptors (Lipinski definition) is 2. The number of fused-ring (bicyclic) bond motifs is 3. The van der Waals surface area contributed by atoms with Crippen LogP contribution >= 0.6 is 0 Å². The van der Waals surface area contributed by atoms with E-state index in [1.54, 1.807) is 11.5 Å². The van der Waals surface area contributed by atoms with E-state index in [0.29, 0.717) is 0 Å². The molecular formula is C29H34N2Si. The largest absolute Gasteiger partial charge is 0.236 e. The molecule has 0 spiro atoms. The van der Waals surface area contributed by atoms with Gasteiger partial charge in [0.15, 0.2) is 0 Å². The Bertz CT molecular complexity index is 1290. The maximum Gasteiger partial charge on any atom is 0.116 e. The summed E-state index contributed by atoms with van der Waals surface area (Å²) in [6, 6.07) is 16.0. The Morgan fingerprint density at radius 3 is 2.25 bits per heavy atom. The smallest absolute Gasteiger partial charge is 0.116 e. The molecule has 0 unspecified atom stereocenters. The standard InChI is InChI=1S/C29H34N2Si/c1-19-17-24-15-16-25-27(23-13-11-22(12-14-23)21-9-7-6-8-10-21)30-18-31-28(25)26(24)20(2)29(19)32(3,4)5/h11-18,21H,6-10H2,1-5H3. The zero-order valence-electron chi connectivity index (χ0n) is 20.1. The van der Waals surface area contributed by atoms with E-state index in [4.69, 9.17) is 9.97 Å². The molecule has 3 heteroatoms. The van der Waals surface area contributed by atoms with Gasteiger partial charge in [-0.3, -0.25) is 0 Å². The van der Waals surface area contributed by atoms with Crippen molar-refractivity contribution < 1.29 is 0 Å². The van der Waals surface area contributed by atoms with Crippen LogP contribution in [0.2, 0.25) is 19.6 Å². The molecule has 0 bridgehead atoms. The van der Waals surface area contributed by atoms with E-state index >= 15 is 0 Å². The first-order valence-corrected chi connectivity index (χ1v) is 15.6. The molecule has 0 aliphatic heterocycles. The third-order valence-corrected chi connectivity index (χ3v) is 9.64. The molecule has 3 aromatic carbocycles. The van der Waals surface area contributed by atoms with Crippen molar-refractivity contribution in [2.45, 2.75) is 71.5 Å². The van der Waals surface area contributed by atoms with E-state index in [1.807, 2.05) is 0 Å². The van der Waals surface area contributed by atoms with Crippen LogP contribution in [-0.4, -0.2) is 18.0 Å². The summed E-state index contributed by atoms with van der Waals surface area (Å²) >= 11 is 0. The topological polar surface area (TPSA) is 25.8 Å². The first-order valence-electron chi connectivity index (χ1n) is 12.1. The average Bonchev–Trinajstić information content (AvgIpc) is 2.78. The van der Waals surface area contributed by atoms with E-state index in [1.165, 1.54) is 65.1 Å². The first-order chi connectivity index (χ1) is 15.3. The average molecular weight is 439 g/mol. The van der Waals surface area contributed by atoms with E-state index in [-0.39, 0.29) is 0 Å². The summed E-state index contributed by atoms with van der Waals surface area (Å²) in [6.45, 7) is 11.9. The number of hydrogen-bond donors (Lipinski definition) is 0. The monoisotopic (exact) mass is 438 g/mol. The van der Waals surface area contributed by atoms with Gasteiger partial charge in [0.25, 0.3) is 0 Å². The minimum absolute atomic E-state index is 0.731. The van der Waals surface area contributed by atoms with E-state index in [9.17, 15) is 0 Å². The summed E-state index contributed by atoms with van der Waals surface area (Å²) in [5, 5.41) is 5.30. The normalized spacial score (nSPS) is 15.5. The van der Waals surface area contributed by atoms with Crippen LogP contribution in [0.3, 0.4) is 0 Å². The molecule has 4 aromatic rings. The highest BCUT2D eigenvalue weighted by Gasteiger charge is 2.24. The van der Waals surface area contributed by atoms with Gasteiger partial charge in [-0.1, -0.05) is 86.1 Å². The highest BCUT2D eigenvalue weighted by atomic mass is 28.3. The van der Waals surface area contributed by atoms with Crippen molar-refractivity contribution in [1.82, 2.24) is 9.97 Å². The van der Waals surface area contributed by atoms with Gasteiger partial charge in [-0.05, 0) is 55.2 Å². The Hall–Kier alpha value is -2.52. The van der Waals surface area contributed by atoms with Gasteiger partial charge >= 0.3 is 0 Å². The summed E-state index contributed by atoms with van der Waals surface area (Å²) in [4.78, 5) is 9.55. The van der Waals surface area contributed by atoms with Crippen LogP contribution < -0.4 is 5.19 Å². The molecule has 1 heterocycles. The van der Waals surface area contributed by atoms with Crippen LogP contribution in [0, 0.1) is 13.8 Å². The number of aromatic nitrogens is 2. The molecule has 1 saturated carbocycles. The second-order valence-corrected chi connectivity index (χ2v) is 15.7. The first kappa shape index (κ1) is 21.3. The fourth-order valence-corrected chi connectivity index (χ4v) is 8.62. The third kappa shape index (κ3) is 3.67. The fourth-order valence-electron chi connectivity index (χ4n) is 6.12. The highest BCUT2D eigenvalue weighted by Crippen LogP contribution is 2.36. The second kappa shape index (κ2) is 8.11. The number of benzene rings is 3. The minimum Gasteiger partial charge on any atom is -0.236 e. The molecule has 5 rings (SSSR count). The van der Waals surface area contributed by atoms with Crippen molar-refractivity contribution >= 4 is 34.9 Å². The van der Waals surface area contributed by atoms with E-state index in [2.05, 4.69) is 76.0 Å². The molecule has 164 valence electrons. The number of aryl methyl sites for hydroxylation is 2. The molecule has 0 N–H and O–H groups in total. The zero-order valence-corrected chi connectivity index (χ0v) is 21.1. The van der Waals surface area contributed by atoms with Crippen LogP contribution in [0.15, 0.2) is 48.8 Å². The highest BCUT2D eigenvalue weighted by molar-refractivity contribution is 6.89. The van der Waals surface area contributed by atoms with Crippen molar-refractivity contribution in [3.8, 4) is 11.3 Å². The summed E-state index contributed by atoms with van der Waals surface area (Å²) in [7, 11) is -1.47. The Kier molecular flexibility index (Phi) is 5.41. The lowest BCUT2D eigenvalue weighted by atomic mass is 9.84. The van der Waals surface area contributed by atoms with E-state index in [0.717, 1.165) is 22.5 Å². The molecule has 1 aliphatic carbocycles. The summed E-state index contributed by atoms with van der Waals surface area (Å²) in [6.07, 6.45) is 8.55. The minimum atomic E-state index is -1.47. The predicted molar refractivity (Wildman–Crippen MR) is 141 cm³/mol. The van der Waals surface area contributed by atoms with Gasteiger partial charge < -0.3 is 0 Å². The van der Waals surface area contributed by atoms with E-state index < -0.39 is 8.07 Å². The van der Waals surface area contributed by atoms with Crippen LogP contribution in [0.25, 0.3) is 32.9 Å². The molecule has 2 nitrogen and oxygen atoms in total. The number of rotatable bonds is 3. The van der Waals surface area contributed by atoms with Crippen LogP contribution in [0.4, 0.5) is 0 Å². The maximum absolute atomic E-state index is 4.80. The predicted octanol–water partition coefficient (Wildman–Crippen LogP) is 7.66. The van der Waals surface area contributed by atoms with Crippen molar-refractivity contribution in [1.29, 1.82) is 0 Å². The Labute approximate surface area is 193 Å². The van der Waals surface area contributed by atoms with Crippen molar-refractivity contribution in [2.75, 3.05) is 0 Å². The van der Waals surface area contributed by atoms with Gasteiger partial charge in [0.2, 0.25) is 0 Å². The second-order valence-electron chi connectivity index (χ2n) is 10.7. The lowest BCUT2D eigenvalue weighted by molar-refractivity contribution is 0.443. The third-order valence-electron chi connectivity index (χ3n) is 7.37. The lowest BCUT2D eigenvalue weighted by Crippen LogP contribution is -2.41. The molecule has 0 saturated heterocycles. The van der Waals surface area contributed by atoms with Crippen LogP contribution in [0.5, 0.6) is 0 Å². The van der Waals surface area contributed by atoms with Gasteiger partial charge in [0, 0.05) is 16.3 Å². The molecule has 32 heavy (non-hydrogen) atoms. The lowest BCUT2D eigenvalue weighted by Gasteiger charge is -2.24. The van der Waals surface area contributed by atoms with Crippen molar-refractivity contribution in [3.05, 3.63) is 65.5 Å². The maximum atomic E-state index is 4.80. The van der Waals surface area contributed by atoms with Crippen LogP contribution in [0.1, 0.15) is 54.7 Å². The molecule has 1 aromatic heterocycles. The van der Waals surface area contributed by atoms with Crippen molar-refractivity contribution in [3.63, 3.8) is 0 Å². The molecule has 0 atom stereocenters. The van der Waals surface area contributed by atoms with Gasteiger partial charge in [-0.15, -0.1) is 0 Å². The quantitative estimate of drug-likeness (QED) is 0.242. The summed E-state index contributed by atoms with van der Waals surface area (Å²) < 4.78 is 0. The van der Waals surface area contributed by atoms with Gasteiger partial charge in [-0.2, -0.15) is 0 Å². The molecule has 0 radical (unpaired) electrons. The Morgan fingerprint density at radius 1 is 0.844 bits per heavy atom. The number of nitrogens with zero attached hydrogens (tertiary/aromatic N) is 2. The summed E-state index contributed by atoms with van der Waals surface area (Å²) in [5.41, 5.74) is 7.63. The fraction of sp³-hybridized carbons (Fsp3) is 0.379. The van der Waals surface area contributed by atoms with Gasteiger partial charge in [0.1, 0.15) is 6.33 Å². The Balaban J connectivity index is 1.66. The molecule has 1 aliphatic rings. The van der Waals surface area contributed by atoms with Crippen LogP contribution in [-0.2, 0) is 0 Å². The molecule has 1 fully saturated rings. The molecule has 0 amide bonds. The van der Waals surface area contributed by atoms with Gasteiger partial charge in [-0.25, -0.2) is 9.97 Å². The SMILES string of the molecule is Cc1cc2ccc3c(-c4ccc(C5CCCCC5)cc4)ncnc3c2c(C)c1[Si](C)(C)C. The molecular weight excluding hydrogens is 404 g/mol. The van der Waals surface area contributed by atoms with Crippen molar-refractivity contribution in [2.24, 2.45) is 0 Å².